The Morgan fingerprint density at radius 1 is 1.33 bits per heavy atom. The first-order valence-electron chi connectivity index (χ1n) is 8.84. The van der Waals surface area contributed by atoms with Gasteiger partial charge in [-0.1, -0.05) is 25.1 Å². The molecule has 1 amide bonds. The number of nitrogens with zero attached hydrogens (tertiary/aromatic N) is 1. The minimum atomic E-state index is -3.14. The largest absolute Gasteiger partial charge is 0.478 e. The summed E-state index contributed by atoms with van der Waals surface area (Å²) in [5.41, 5.74) is 0. The van der Waals surface area contributed by atoms with E-state index in [0.717, 1.165) is 4.88 Å². The number of ether oxygens (including phenoxy) is 1. The average Bonchev–Trinajstić information content (AvgIpc) is 3.27. The minimum Gasteiger partial charge on any atom is -0.478 e. The molecule has 0 bridgehead atoms. The molecule has 3 rings (SSSR count). The van der Waals surface area contributed by atoms with Gasteiger partial charge >= 0.3 is 0 Å². The fraction of sp³-hybridized carbons (Fsp3) is 0.421. The van der Waals surface area contributed by atoms with Gasteiger partial charge in [0.1, 0.15) is 0 Å². The van der Waals surface area contributed by atoms with Crippen molar-refractivity contribution >= 4 is 27.1 Å². The molecule has 1 aromatic heterocycles. The van der Waals surface area contributed by atoms with Gasteiger partial charge in [-0.05, 0) is 36.4 Å². The summed E-state index contributed by atoms with van der Waals surface area (Å²) in [5, 5.41) is 1.91. The molecule has 0 N–H and O–H groups in total. The monoisotopic (exact) mass is 411 g/mol. The van der Waals surface area contributed by atoms with Gasteiger partial charge in [0, 0.05) is 10.9 Å². The van der Waals surface area contributed by atoms with Gasteiger partial charge in [0.2, 0.25) is 0 Å². The number of thiophene rings is 1. The van der Waals surface area contributed by atoms with Gasteiger partial charge in [0.05, 0.1) is 18.1 Å². The number of carbonyl (C=O) groups is 1. The first-order valence-corrected chi connectivity index (χ1v) is 11.5. The van der Waals surface area contributed by atoms with Crippen molar-refractivity contribution in [2.75, 3.05) is 11.5 Å². The number of rotatable bonds is 7. The van der Waals surface area contributed by atoms with Crippen molar-refractivity contribution in [1.29, 1.82) is 0 Å². The van der Waals surface area contributed by atoms with E-state index in [0.29, 0.717) is 19.4 Å². The van der Waals surface area contributed by atoms with Crippen LogP contribution in [0.1, 0.15) is 24.6 Å². The Morgan fingerprint density at radius 3 is 2.70 bits per heavy atom. The van der Waals surface area contributed by atoms with Crippen LogP contribution in [0.5, 0.6) is 5.75 Å². The topological polar surface area (TPSA) is 63.7 Å². The summed E-state index contributed by atoms with van der Waals surface area (Å²) in [6.07, 6.45) is -0.103. The number of benzene rings is 1. The van der Waals surface area contributed by atoms with Gasteiger partial charge in [-0.15, -0.1) is 11.3 Å². The Morgan fingerprint density at radius 2 is 2.11 bits per heavy atom. The highest BCUT2D eigenvalue weighted by atomic mass is 32.2. The molecule has 2 aromatic rings. The first kappa shape index (κ1) is 19.8. The summed E-state index contributed by atoms with van der Waals surface area (Å²) in [6.45, 7) is 2.12. The minimum absolute atomic E-state index is 0.0211. The van der Waals surface area contributed by atoms with Crippen molar-refractivity contribution in [1.82, 2.24) is 4.90 Å². The highest BCUT2D eigenvalue weighted by Gasteiger charge is 2.37. The summed E-state index contributed by atoms with van der Waals surface area (Å²) in [5.74, 6) is -0.780. The molecular formula is C19H22FNO4S2. The Bertz CT molecular complexity index is 883. The Hall–Kier alpha value is -1.93. The van der Waals surface area contributed by atoms with E-state index in [4.69, 9.17) is 4.74 Å². The molecule has 0 spiro atoms. The van der Waals surface area contributed by atoms with Crippen LogP contribution in [0.15, 0.2) is 41.8 Å². The van der Waals surface area contributed by atoms with Crippen molar-refractivity contribution in [2.24, 2.45) is 0 Å². The molecule has 27 heavy (non-hydrogen) atoms. The Balaban J connectivity index is 1.83. The van der Waals surface area contributed by atoms with Crippen molar-refractivity contribution in [3.8, 4) is 5.75 Å². The molecule has 2 unspecified atom stereocenters. The lowest BCUT2D eigenvalue weighted by Crippen LogP contribution is -2.47. The van der Waals surface area contributed by atoms with E-state index in [1.165, 1.54) is 23.5 Å². The molecule has 5 nitrogen and oxygen atoms in total. The van der Waals surface area contributed by atoms with E-state index in [-0.39, 0.29) is 29.2 Å². The van der Waals surface area contributed by atoms with Crippen molar-refractivity contribution < 1.29 is 22.3 Å². The zero-order valence-electron chi connectivity index (χ0n) is 15.0. The molecular weight excluding hydrogens is 389 g/mol. The van der Waals surface area contributed by atoms with Gasteiger partial charge in [0.15, 0.2) is 27.5 Å². The van der Waals surface area contributed by atoms with E-state index in [1.807, 2.05) is 17.5 Å². The summed E-state index contributed by atoms with van der Waals surface area (Å²) in [7, 11) is -3.14. The molecule has 2 heterocycles. The summed E-state index contributed by atoms with van der Waals surface area (Å²) >= 11 is 1.51. The fourth-order valence-corrected chi connectivity index (χ4v) is 5.60. The molecule has 1 fully saturated rings. The molecule has 2 atom stereocenters. The van der Waals surface area contributed by atoms with Crippen LogP contribution in [-0.4, -0.2) is 42.9 Å². The molecule has 146 valence electrons. The van der Waals surface area contributed by atoms with E-state index in [2.05, 4.69) is 0 Å². The highest BCUT2D eigenvalue weighted by Crippen LogP contribution is 2.25. The van der Waals surface area contributed by atoms with Gasteiger partial charge < -0.3 is 9.64 Å². The van der Waals surface area contributed by atoms with Crippen LogP contribution in [0.4, 0.5) is 4.39 Å². The fourth-order valence-electron chi connectivity index (χ4n) is 3.17. The second kappa shape index (κ2) is 8.39. The number of hydrogen-bond donors (Lipinski definition) is 0. The van der Waals surface area contributed by atoms with Crippen LogP contribution in [0.3, 0.4) is 0 Å². The average molecular weight is 412 g/mol. The summed E-state index contributed by atoms with van der Waals surface area (Å²) in [4.78, 5) is 15.8. The summed E-state index contributed by atoms with van der Waals surface area (Å²) in [6, 6.07) is 9.37. The number of amides is 1. The maximum atomic E-state index is 13.9. The number of hydrogen-bond acceptors (Lipinski definition) is 5. The van der Waals surface area contributed by atoms with Crippen LogP contribution >= 0.6 is 11.3 Å². The lowest BCUT2D eigenvalue weighted by atomic mass is 10.1. The van der Waals surface area contributed by atoms with Gasteiger partial charge in [-0.3, -0.25) is 4.79 Å². The third-order valence-corrected chi connectivity index (χ3v) is 7.20. The third-order valence-electron chi connectivity index (χ3n) is 4.59. The van der Waals surface area contributed by atoms with Crippen molar-refractivity contribution in [3.63, 3.8) is 0 Å². The number of carbonyl (C=O) groups excluding carboxylic acids is 1. The zero-order chi connectivity index (χ0) is 19.4. The molecule has 1 aliphatic rings. The van der Waals surface area contributed by atoms with Crippen LogP contribution in [0.25, 0.3) is 0 Å². The lowest BCUT2D eigenvalue weighted by Gasteiger charge is -2.31. The second-order valence-electron chi connectivity index (χ2n) is 6.55. The maximum absolute atomic E-state index is 13.9. The van der Waals surface area contributed by atoms with Crippen LogP contribution in [0, 0.1) is 5.82 Å². The van der Waals surface area contributed by atoms with Gasteiger partial charge in [-0.25, -0.2) is 12.8 Å². The standard InChI is InChI=1S/C19H22FNO4S2/c1-2-17(25-18-8-4-3-7-16(18)20)19(22)21(12-15-6-5-10-26-15)14-9-11-27(23,24)13-14/h3-8,10,14,17H,2,9,11-13H2,1H3. The zero-order valence-corrected chi connectivity index (χ0v) is 16.6. The van der Waals surface area contributed by atoms with Gasteiger partial charge in [0.25, 0.3) is 5.91 Å². The van der Waals surface area contributed by atoms with Gasteiger partial charge in [-0.2, -0.15) is 0 Å². The second-order valence-corrected chi connectivity index (χ2v) is 9.81. The predicted octanol–water partition coefficient (Wildman–Crippen LogP) is 3.26. The third kappa shape index (κ3) is 4.87. The molecule has 0 aliphatic carbocycles. The highest BCUT2D eigenvalue weighted by molar-refractivity contribution is 7.91. The Labute approximate surface area is 162 Å². The Kier molecular flexibility index (Phi) is 6.16. The SMILES string of the molecule is CCC(Oc1ccccc1F)C(=O)N(Cc1cccs1)C1CCS(=O)(=O)C1. The number of sulfone groups is 1. The van der Waals surface area contributed by atoms with E-state index in [1.54, 1.807) is 24.0 Å². The van der Waals surface area contributed by atoms with Crippen molar-refractivity contribution in [2.45, 2.75) is 38.5 Å². The maximum Gasteiger partial charge on any atom is 0.264 e. The van der Waals surface area contributed by atoms with Crippen LogP contribution in [0.2, 0.25) is 0 Å². The van der Waals surface area contributed by atoms with E-state index in [9.17, 15) is 17.6 Å². The molecule has 1 saturated heterocycles. The molecule has 1 aliphatic heterocycles. The smallest absolute Gasteiger partial charge is 0.264 e. The summed E-state index contributed by atoms with van der Waals surface area (Å²) < 4.78 is 43.4. The lowest BCUT2D eigenvalue weighted by molar-refractivity contribution is -0.141. The van der Waals surface area contributed by atoms with E-state index < -0.39 is 21.8 Å². The van der Waals surface area contributed by atoms with E-state index >= 15 is 0 Å². The van der Waals surface area contributed by atoms with Crippen molar-refractivity contribution in [3.05, 3.63) is 52.5 Å². The normalized spacial score (nSPS) is 19.6. The first-order chi connectivity index (χ1) is 12.9. The van der Waals surface area contributed by atoms with Crippen LogP contribution in [-0.2, 0) is 21.2 Å². The predicted molar refractivity (Wildman–Crippen MR) is 103 cm³/mol. The van der Waals surface area contributed by atoms with Crippen LogP contribution < -0.4 is 4.74 Å². The number of para-hydroxylation sites is 1. The molecule has 1 aromatic carbocycles. The quantitative estimate of drug-likeness (QED) is 0.702. The number of halogens is 1. The molecule has 0 radical (unpaired) electrons. The molecule has 8 heteroatoms. The molecule has 0 saturated carbocycles.